The van der Waals surface area contributed by atoms with Gasteiger partial charge in [-0.15, -0.1) is 0 Å². The number of fused-ring (bicyclic) bond motifs is 1. The molecule has 0 bridgehead atoms. The molecule has 1 atom stereocenters. The molecule has 2 rings (SSSR count). The molecular formula is C18H29N. The lowest BCUT2D eigenvalue weighted by atomic mass is 9.70. The van der Waals surface area contributed by atoms with E-state index in [0.717, 1.165) is 12.5 Å². The summed E-state index contributed by atoms with van der Waals surface area (Å²) in [6.45, 7) is 10.6. The minimum absolute atomic E-state index is 0.367. The fraction of sp³-hybridized carbons (Fsp3) is 0.667. The summed E-state index contributed by atoms with van der Waals surface area (Å²) in [6.07, 6.45) is 5.12. The summed E-state index contributed by atoms with van der Waals surface area (Å²) in [7, 11) is 0. The molecule has 1 heteroatoms. The van der Waals surface area contributed by atoms with E-state index in [4.69, 9.17) is 0 Å². The highest BCUT2D eigenvalue weighted by atomic mass is 14.9. The average molecular weight is 259 g/mol. The fourth-order valence-corrected chi connectivity index (χ4v) is 3.21. The molecule has 0 aromatic heterocycles. The normalized spacial score (nSPS) is 21.4. The van der Waals surface area contributed by atoms with Crippen LogP contribution in [0, 0.1) is 11.3 Å². The lowest BCUT2D eigenvalue weighted by Gasteiger charge is -2.41. The van der Waals surface area contributed by atoms with Crippen LogP contribution < -0.4 is 5.32 Å². The van der Waals surface area contributed by atoms with Crippen LogP contribution in [0.25, 0.3) is 0 Å². The molecule has 0 saturated carbocycles. The Morgan fingerprint density at radius 2 is 2.00 bits per heavy atom. The molecular weight excluding hydrogens is 230 g/mol. The lowest BCUT2D eigenvalue weighted by molar-refractivity contribution is 0.208. The third kappa shape index (κ3) is 3.60. The van der Waals surface area contributed by atoms with Crippen molar-refractivity contribution < 1.29 is 0 Å². The predicted molar refractivity (Wildman–Crippen MR) is 83.4 cm³/mol. The Kier molecular flexibility index (Phi) is 4.67. The smallest absolute Gasteiger partial charge is 0.0374 e. The van der Waals surface area contributed by atoms with E-state index in [1.165, 1.54) is 31.2 Å². The molecule has 1 aromatic rings. The van der Waals surface area contributed by atoms with E-state index in [1.807, 2.05) is 0 Å². The zero-order valence-electron chi connectivity index (χ0n) is 13.0. The minimum Gasteiger partial charge on any atom is -0.309 e. The summed E-state index contributed by atoms with van der Waals surface area (Å²) in [4.78, 5) is 0. The Labute approximate surface area is 118 Å². The zero-order chi connectivity index (χ0) is 13.9. The van der Waals surface area contributed by atoms with E-state index in [-0.39, 0.29) is 0 Å². The van der Waals surface area contributed by atoms with E-state index >= 15 is 0 Å². The summed E-state index contributed by atoms with van der Waals surface area (Å²) in [5.74, 6) is 0.813. The van der Waals surface area contributed by atoms with E-state index < -0.39 is 0 Å². The van der Waals surface area contributed by atoms with E-state index in [9.17, 15) is 0 Å². The van der Waals surface area contributed by atoms with Gasteiger partial charge in [-0.05, 0) is 54.7 Å². The molecule has 1 aromatic carbocycles. The second-order valence-corrected chi connectivity index (χ2v) is 7.11. The van der Waals surface area contributed by atoms with Crippen molar-refractivity contribution in [2.45, 2.75) is 59.4 Å². The lowest BCUT2D eigenvalue weighted by Crippen LogP contribution is -2.38. The van der Waals surface area contributed by atoms with Gasteiger partial charge in [-0.1, -0.05) is 52.0 Å². The third-order valence-electron chi connectivity index (χ3n) is 4.49. The van der Waals surface area contributed by atoms with Crippen LogP contribution >= 0.6 is 0 Å². The minimum atomic E-state index is 0.367. The standard InChI is InChI=1S/C18H29N/c1-14(2)8-7-13-19-17-16-10-6-5-9-15(16)11-12-18(17,3)4/h5-6,9-10,14,17,19H,7-8,11-13H2,1-4H3. The van der Waals surface area contributed by atoms with Crippen molar-refractivity contribution in [2.24, 2.45) is 11.3 Å². The summed E-state index contributed by atoms with van der Waals surface area (Å²) < 4.78 is 0. The summed E-state index contributed by atoms with van der Waals surface area (Å²) in [6, 6.07) is 9.49. The van der Waals surface area contributed by atoms with Crippen molar-refractivity contribution in [1.82, 2.24) is 5.32 Å². The number of aryl methyl sites for hydroxylation is 1. The number of nitrogens with one attached hydrogen (secondary N) is 1. The molecule has 0 spiro atoms. The summed E-state index contributed by atoms with van der Waals surface area (Å²) in [5, 5.41) is 3.82. The number of hydrogen-bond acceptors (Lipinski definition) is 1. The monoisotopic (exact) mass is 259 g/mol. The van der Waals surface area contributed by atoms with Gasteiger partial charge >= 0.3 is 0 Å². The van der Waals surface area contributed by atoms with Gasteiger partial charge in [0.25, 0.3) is 0 Å². The molecule has 0 amide bonds. The molecule has 0 aliphatic heterocycles. The van der Waals surface area contributed by atoms with Crippen LogP contribution in [0.4, 0.5) is 0 Å². The molecule has 1 nitrogen and oxygen atoms in total. The molecule has 106 valence electrons. The van der Waals surface area contributed by atoms with Crippen molar-refractivity contribution in [3.8, 4) is 0 Å². The highest BCUT2D eigenvalue weighted by Crippen LogP contribution is 2.43. The molecule has 0 saturated heterocycles. The van der Waals surface area contributed by atoms with Gasteiger partial charge < -0.3 is 5.32 Å². The van der Waals surface area contributed by atoms with Gasteiger partial charge in [0.15, 0.2) is 0 Å². The Bertz CT molecular complexity index is 406. The van der Waals surface area contributed by atoms with E-state index in [2.05, 4.69) is 57.3 Å². The molecule has 0 fully saturated rings. The van der Waals surface area contributed by atoms with Crippen LogP contribution in [0.3, 0.4) is 0 Å². The van der Waals surface area contributed by atoms with Crippen molar-refractivity contribution in [2.75, 3.05) is 6.54 Å². The van der Waals surface area contributed by atoms with Gasteiger partial charge in [-0.25, -0.2) is 0 Å². The Morgan fingerprint density at radius 3 is 2.74 bits per heavy atom. The maximum Gasteiger partial charge on any atom is 0.0374 e. The quantitative estimate of drug-likeness (QED) is 0.754. The second-order valence-electron chi connectivity index (χ2n) is 7.11. The Balaban J connectivity index is 2.04. The van der Waals surface area contributed by atoms with Gasteiger partial charge in [0.05, 0.1) is 0 Å². The van der Waals surface area contributed by atoms with Crippen molar-refractivity contribution in [3.05, 3.63) is 35.4 Å². The van der Waals surface area contributed by atoms with E-state index in [1.54, 1.807) is 5.56 Å². The molecule has 0 heterocycles. The first kappa shape index (κ1) is 14.6. The molecule has 1 aliphatic rings. The van der Waals surface area contributed by atoms with Gasteiger partial charge in [-0.3, -0.25) is 0 Å². The van der Waals surface area contributed by atoms with Gasteiger partial charge in [-0.2, -0.15) is 0 Å². The average Bonchev–Trinajstić information content (AvgIpc) is 2.36. The highest BCUT2D eigenvalue weighted by molar-refractivity contribution is 5.34. The number of rotatable bonds is 5. The molecule has 19 heavy (non-hydrogen) atoms. The molecule has 1 aliphatic carbocycles. The largest absolute Gasteiger partial charge is 0.309 e. The van der Waals surface area contributed by atoms with Crippen molar-refractivity contribution in [3.63, 3.8) is 0 Å². The summed E-state index contributed by atoms with van der Waals surface area (Å²) in [5.41, 5.74) is 3.44. The highest BCUT2D eigenvalue weighted by Gasteiger charge is 2.34. The SMILES string of the molecule is CC(C)CCCNC1c2ccccc2CCC1(C)C. The van der Waals surface area contributed by atoms with Crippen LogP contribution in [0.2, 0.25) is 0 Å². The van der Waals surface area contributed by atoms with Gasteiger partial charge in [0, 0.05) is 6.04 Å². The zero-order valence-corrected chi connectivity index (χ0v) is 13.0. The maximum atomic E-state index is 3.82. The fourth-order valence-electron chi connectivity index (χ4n) is 3.21. The second kappa shape index (κ2) is 6.09. The first-order valence-corrected chi connectivity index (χ1v) is 7.82. The van der Waals surface area contributed by atoms with Crippen LogP contribution in [0.1, 0.15) is 64.1 Å². The van der Waals surface area contributed by atoms with Crippen LogP contribution in [-0.4, -0.2) is 6.54 Å². The Morgan fingerprint density at radius 1 is 1.26 bits per heavy atom. The molecule has 1 N–H and O–H groups in total. The first-order valence-electron chi connectivity index (χ1n) is 7.82. The van der Waals surface area contributed by atoms with Crippen molar-refractivity contribution >= 4 is 0 Å². The van der Waals surface area contributed by atoms with Crippen LogP contribution in [0.15, 0.2) is 24.3 Å². The molecule has 1 unspecified atom stereocenters. The summed E-state index contributed by atoms with van der Waals surface area (Å²) >= 11 is 0. The van der Waals surface area contributed by atoms with Crippen molar-refractivity contribution in [1.29, 1.82) is 0 Å². The number of hydrogen-bond donors (Lipinski definition) is 1. The Hall–Kier alpha value is -0.820. The van der Waals surface area contributed by atoms with Gasteiger partial charge in [0.2, 0.25) is 0 Å². The first-order chi connectivity index (χ1) is 9.00. The van der Waals surface area contributed by atoms with Crippen LogP contribution in [0.5, 0.6) is 0 Å². The maximum absolute atomic E-state index is 3.82. The number of benzene rings is 1. The molecule has 0 radical (unpaired) electrons. The van der Waals surface area contributed by atoms with Crippen LogP contribution in [-0.2, 0) is 6.42 Å². The third-order valence-corrected chi connectivity index (χ3v) is 4.49. The van der Waals surface area contributed by atoms with E-state index in [0.29, 0.717) is 11.5 Å². The predicted octanol–water partition coefficient (Wildman–Crippen LogP) is 4.73. The topological polar surface area (TPSA) is 12.0 Å². The van der Waals surface area contributed by atoms with Gasteiger partial charge in [0.1, 0.15) is 0 Å².